The van der Waals surface area contributed by atoms with E-state index in [2.05, 4.69) is 10.6 Å². The molecule has 2 rings (SSSR count). The van der Waals surface area contributed by atoms with Crippen molar-refractivity contribution in [2.45, 2.75) is 13.0 Å². The fourth-order valence-electron chi connectivity index (χ4n) is 2.82. The quantitative estimate of drug-likeness (QED) is 0.564. The third-order valence-corrected chi connectivity index (χ3v) is 5.51. The molecule has 2 aromatic carbocycles. The standard InChI is InChI=1S/C20H23F2N3O5S/c1-13(25(31(3,28)29)14-8-9-16(21)17(22)12-14)19(26)24-18-7-5-4-6-15(18)20(27)23-10-11-30-2/h4-9,12-13H,10-11H2,1-3H3,(H,23,27)(H,24,26). The lowest BCUT2D eigenvalue weighted by atomic mass is 10.1. The fraction of sp³-hybridized carbons (Fsp3) is 0.300. The number of carbonyl (C=O) groups is 2. The summed E-state index contributed by atoms with van der Waals surface area (Å²) < 4.78 is 57.1. The summed E-state index contributed by atoms with van der Waals surface area (Å²) >= 11 is 0. The van der Waals surface area contributed by atoms with Gasteiger partial charge in [0.2, 0.25) is 15.9 Å². The first-order chi connectivity index (χ1) is 14.6. The van der Waals surface area contributed by atoms with Crippen molar-refractivity contribution >= 4 is 33.2 Å². The number of amides is 2. The lowest BCUT2D eigenvalue weighted by Crippen LogP contribution is -2.45. The van der Waals surface area contributed by atoms with Crippen molar-refractivity contribution in [3.05, 3.63) is 59.7 Å². The van der Waals surface area contributed by atoms with E-state index in [9.17, 15) is 26.8 Å². The van der Waals surface area contributed by atoms with E-state index in [0.717, 1.165) is 18.4 Å². The number of halogens is 2. The minimum atomic E-state index is -4.04. The molecule has 0 aliphatic rings. The third kappa shape index (κ3) is 6.22. The van der Waals surface area contributed by atoms with Crippen LogP contribution < -0.4 is 14.9 Å². The summed E-state index contributed by atoms with van der Waals surface area (Å²) in [4.78, 5) is 25.2. The molecule has 2 aromatic rings. The van der Waals surface area contributed by atoms with E-state index in [0.29, 0.717) is 17.0 Å². The Hall–Kier alpha value is -3.05. The maximum Gasteiger partial charge on any atom is 0.253 e. The van der Waals surface area contributed by atoms with Gasteiger partial charge in [0.1, 0.15) is 6.04 Å². The highest BCUT2D eigenvalue weighted by Crippen LogP contribution is 2.24. The number of hydrogen-bond acceptors (Lipinski definition) is 5. The van der Waals surface area contributed by atoms with Gasteiger partial charge < -0.3 is 15.4 Å². The summed E-state index contributed by atoms with van der Waals surface area (Å²) in [5.74, 6) is -3.63. The molecule has 31 heavy (non-hydrogen) atoms. The first kappa shape index (κ1) is 24.2. The smallest absolute Gasteiger partial charge is 0.253 e. The highest BCUT2D eigenvalue weighted by Gasteiger charge is 2.30. The molecule has 2 amide bonds. The number of anilines is 2. The number of hydrogen-bond donors (Lipinski definition) is 2. The predicted molar refractivity (Wildman–Crippen MR) is 112 cm³/mol. The first-order valence-electron chi connectivity index (χ1n) is 9.17. The minimum absolute atomic E-state index is 0.160. The summed E-state index contributed by atoms with van der Waals surface area (Å²) in [5.41, 5.74) is 0.112. The van der Waals surface area contributed by atoms with E-state index in [4.69, 9.17) is 4.74 Å². The monoisotopic (exact) mass is 455 g/mol. The number of para-hydroxylation sites is 1. The van der Waals surface area contributed by atoms with Crippen molar-refractivity contribution in [2.24, 2.45) is 0 Å². The molecule has 11 heteroatoms. The van der Waals surface area contributed by atoms with E-state index in [1.807, 2.05) is 0 Å². The van der Waals surface area contributed by atoms with Gasteiger partial charge in [-0.05, 0) is 31.2 Å². The van der Waals surface area contributed by atoms with Gasteiger partial charge in [-0.1, -0.05) is 12.1 Å². The number of benzene rings is 2. The number of nitrogens with one attached hydrogen (secondary N) is 2. The molecule has 1 unspecified atom stereocenters. The average Bonchev–Trinajstić information content (AvgIpc) is 2.70. The SMILES string of the molecule is COCCNC(=O)c1ccccc1NC(=O)C(C)N(c1ccc(F)c(F)c1)S(C)(=O)=O. The zero-order chi connectivity index (χ0) is 23.2. The maximum atomic E-state index is 13.7. The number of methoxy groups -OCH3 is 1. The molecule has 0 saturated heterocycles. The first-order valence-corrected chi connectivity index (χ1v) is 11.0. The van der Waals surface area contributed by atoms with Crippen LogP contribution in [0.1, 0.15) is 17.3 Å². The van der Waals surface area contributed by atoms with Crippen LogP contribution in [0.2, 0.25) is 0 Å². The number of sulfonamides is 1. The molecule has 8 nitrogen and oxygen atoms in total. The van der Waals surface area contributed by atoms with Crippen LogP contribution in [0.4, 0.5) is 20.2 Å². The lowest BCUT2D eigenvalue weighted by molar-refractivity contribution is -0.116. The van der Waals surface area contributed by atoms with Gasteiger partial charge in [0, 0.05) is 19.7 Å². The molecule has 2 N–H and O–H groups in total. The molecule has 0 fully saturated rings. The largest absolute Gasteiger partial charge is 0.383 e. The third-order valence-electron chi connectivity index (χ3n) is 4.27. The van der Waals surface area contributed by atoms with Crippen LogP contribution in [0.5, 0.6) is 0 Å². The molecule has 168 valence electrons. The van der Waals surface area contributed by atoms with Gasteiger partial charge in [-0.2, -0.15) is 0 Å². The molecule has 0 aliphatic heterocycles. The summed E-state index contributed by atoms with van der Waals surface area (Å²) in [6.07, 6.45) is 0.842. The molecule has 0 aliphatic carbocycles. The highest BCUT2D eigenvalue weighted by atomic mass is 32.2. The predicted octanol–water partition coefficient (Wildman–Crippen LogP) is 2.13. The molecule has 0 radical (unpaired) electrons. The second-order valence-electron chi connectivity index (χ2n) is 6.62. The maximum absolute atomic E-state index is 13.7. The molecule has 0 aromatic heterocycles. The van der Waals surface area contributed by atoms with E-state index >= 15 is 0 Å². The Morgan fingerprint density at radius 3 is 2.42 bits per heavy atom. The Labute approximate surface area is 179 Å². The van der Waals surface area contributed by atoms with Crippen molar-refractivity contribution in [3.63, 3.8) is 0 Å². The van der Waals surface area contributed by atoms with Gasteiger partial charge >= 0.3 is 0 Å². The Bertz CT molecular complexity index is 1060. The van der Waals surface area contributed by atoms with E-state index in [-0.39, 0.29) is 23.5 Å². The number of rotatable bonds is 9. The molecule has 1 atom stereocenters. The Morgan fingerprint density at radius 1 is 1.13 bits per heavy atom. The molecular formula is C20H23F2N3O5S. The van der Waals surface area contributed by atoms with Crippen LogP contribution in [-0.2, 0) is 19.6 Å². The second kappa shape index (κ2) is 10.3. The zero-order valence-corrected chi connectivity index (χ0v) is 18.0. The minimum Gasteiger partial charge on any atom is -0.383 e. The Kier molecular flexibility index (Phi) is 8.06. The van der Waals surface area contributed by atoms with E-state index in [1.54, 1.807) is 12.1 Å². The van der Waals surface area contributed by atoms with Crippen molar-refractivity contribution in [3.8, 4) is 0 Å². The van der Waals surface area contributed by atoms with Gasteiger partial charge in [0.05, 0.1) is 29.8 Å². The number of carbonyl (C=O) groups excluding carboxylic acids is 2. The molecule has 0 heterocycles. The van der Waals surface area contributed by atoms with Crippen LogP contribution in [0.3, 0.4) is 0 Å². The van der Waals surface area contributed by atoms with E-state index in [1.165, 1.54) is 26.2 Å². The summed E-state index contributed by atoms with van der Waals surface area (Å²) in [6.45, 7) is 1.85. The Balaban J connectivity index is 2.29. The number of nitrogens with zero attached hydrogens (tertiary/aromatic N) is 1. The van der Waals surface area contributed by atoms with Crippen molar-refractivity contribution in [2.75, 3.05) is 36.1 Å². The summed E-state index contributed by atoms with van der Waals surface area (Å²) in [5, 5.41) is 5.15. The molecule has 0 saturated carbocycles. The van der Waals surface area contributed by atoms with Crippen LogP contribution in [-0.4, -0.2) is 52.8 Å². The Morgan fingerprint density at radius 2 is 1.81 bits per heavy atom. The summed E-state index contributed by atoms with van der Waals surface area (Å²) in [6, 6.07) is 7.36. The van der Waals surface area contributed by atoms with Crippen molar-refractivity contribution in [1.82, 2.24) is 5.32 Å². The molecule has 0 bridgehead atoms. The lowest BCUT2D eigenvalue weighted by Gasteiger charge is -2.28. The van der Waals surface area contributed by atoms with Gasteiger partial charge in [-0.3, -0.25) is 13.9 Å². The van der Waals surface area contributed by atoms with Crippen LogP contribution in [0, 0.1) is 11.6 Å². The normalized spacial score (nSPS) is 12.2. The fourth-order valence-corrected chi connectivity index (χ4v) is 3.99. The zero-order valence-electron chi connectivity index (χ0n) is 17.2. The molecule has 0 spiro atoms. The van der Waals surface area contributed by atoms with Gasteiger partial charge in [0.15, 0.2) is 11.6 Å². The molecular weight excluding hydrogens is 432 g/mol. The topological polar surface area (TPSA) is 105 Å². The van der Waals surface area contributed by atoms with Crippen LogP contribution in [0.25, 0.3) is 0 Å². The number of ether oxygens (including phenoxy) is 1. The van der Waals surface area contributed by atoms with Gasteiger partial charge in [-0.15, -0.1) is 0 Å². The van der Waals surface area contributed by atoms with Crippen molar-refractivity contribution in [1.29, 1.82) is 0 Å². The van der Waals surface area contributed by atoms with Gasteiger partial charge in [0.25, 0.3) is 5.91 Å². The van der Waals surface area contributed by atoms with Crippen LogP contribution in [0.15, 0.2) is 42.5 Å². The summed E-state index contributed by atoms with van der Waals surface area (Å²) in [7, 11) is -2.55. The van der Waals surface area contributed by atoms with Gasteiger partial charge in [-0.25, -0.2) is 17.2 Å². The highest BCUT2D eigenvalue weighted by molar-refractivity contribution is 7.92. The average molecular weight is 455 g/mol. The van der Waals surface area contributed by atoms with E-state index < -0.39 is 39.5 Å². The van der Waals surface area contributed by atoms with Crippen LogP contribution >= 0.6 is 0 Å². The second-order valence-corrected chi connectivity index (χ2v) is 8.48. The van der Waals surface area contributed by atoms with Crippen molar-refractivity contribution < 1.29 is 31.5 Å².